The first-order valence-corrected chi connectivity index (χ1v) is 6.08. The Kier molecular flexibility index (Phi) is 7.59. The van der Waals surface area contributed by atoms with E-state index in [0.29, 0.717) is 19.7 Å². The molecule has 0 saturated heterocycles. The Bertz CT molecular complexity index is 330. The topological polar surface area (TPSA) is 62.4 Å². The molecule has 5 heteroatoms. The van der Waals surface area contributed by atoms with Crippen molar-refractivity contribution in [2.75, 3.05) is 45.2 Å². The molecule has 0 heterocycles. The van der Waals surface area contributed by atoms with Crippen molar-refractivity contribution in [3.8, 4) is 0 Å². The van der Waals surface area contributed by atoms with Gasteiger partial charge >= 0.3 is 0 Å². The van der Waals surface area contributed by atoms with Crippen LogP contribution in [-0.4, -0.2) is 45.8 Å². The number of carbonyl (C=O) groups is 1. The molecule has 5 nitrogen and oxygen atoms in total. The first-order valence-electron chi connectivity index (χ1n) is 6.08. The molecule has 0 aliphatic heterocycles. The lowest BCUT2D eigenvalue weighted by Gasteiger charge is -2.08. The Morgan fingerprint density at radius 1 is 1.17 bits per heavy atom. The fourth-order valence-electron chi connectivity index (χ4n) is 1.39. The molecule has 1 amide bonds. The monoisotopic (exact) mass is 251 g/mol. The summed E-state index contributed by atoms with van der Waals surface area (Å²) in [5, 5.41) is 9.03. The molecule has 0 saturated carbocycles. The molecule has 0 aliphatic carbocycles. The highest BCUT2D eigenvalue weighted by Gasteiger charge is 1.99. The van der Waals surface area contributed by atoms with E-state index in [4.69, 9.17) is 4.74 Å². The van der Waals surface area contributed by atoms with Crippen LogP contribution < -0.4 is 16.0 Å². The molecule has 3 N–H and O–H groups in total. The Morgan fingerprint density at radius 3 is 2.67 bits per heavy atom. The van der Waals surface area contributed by atoms with E-state index < -0.39 is 0 Å². The number of rotatable bonds is 9. The Labute approximate surface area is 108 Å². The van der Waals surface area contributed by atoms with Crippen molar-refractivity contribution in [2.45, 2.75) is 0 Å². The Morgan fingerprint density at radius 2 is 1.94 bits per heavy atom. The van der Waals surface area contributed by atoms with Crippen molar-refractivity contribution in [1.82, 2.24) is 10.6 Å². The standard InChI is InChI=1S/C13H21N3O2/c1-18-10-9-14-7-8-15-13(17)11-16-12-5-3-2-4-6-12/h2-6,14,16H,7-11H2,1H3,(H,15,17). The SMILES string of the molecule is COCCNCCNC(=O)CNc1ccccc1. The van der Waals surface area contributed by atoms with E-state index in [2.05, 4.69) is 16.0 Å². The van der Waals surface area contributed by atoms with Crippen LogP contribution in [0.4, 0.5) is 5.69 Å². The van der Waals surface area contributed by atoms with Crippen molar-refractivity contribution in [2.24, 2.45) is 0 Å². The zero-order chi connectivity index (χ0) is 13.1. The Balaban J connectivity index is 2.01. The van der Waals surface area contributed by atoms with E-state index in [1.165, 1.54) is 0 Å². The van der Waals surface area contributed by atoms with Crippen LogP contribution in [-0.2, 0) is 9.53 Å². The molecule has 0 radical (unpaired) electrons. The normalized spacial score (nSPS) is 10.1. The van der Waals surface area contributed by atoms with Gasteiger partial charge in [0.05, 0.1) is 13.2 Å². The van der Waals surface area contributed by atoms with Crippen LogP contribution in [0.5, 0.6) is 0 Å². The lowest BCUT2D eigenvalue weighted by atomic mass is 10.3. The third-order valence-corrected chi connectivity index (χ3v) is 2.33. The van der Waals surface area contributed by atoms with Gasteiger partial charge in [0.1, 0.15) is 0 Å². The van der Waals surface area contributed by atoms with E-state index >= 15 is 0 Å². The molecule has 1 aromatic carbocycles. The van der Waals surface area contributed by atoms with Crippen molar-refractivity contribution < 1.29 is 9.53 Å². The van der Waals surface area contributed by atoms with Crippen LogP contribution in [0.25, 0.3) is 0 Å². The van der Waals surface area contributed by atoms with Gasteiger partial charge in [0, 0.05) is 32.4 Å². The van der Waals surface area contributed by atoms with E-state index in [0.717, 1.165) is 18.8 Å². The minimum absolute atomic E-state index is 0.00704. The van der Waals surface area contributed by atoms with Gasteiger partial charge < -0.3 is 20.7 Å². The maximum atomic E-state index is 11.5. The van der Waals surface area contributed by atoms with E-state index in [9.17, 15) is 4.79 Å². The van der Waals surface area contributed by atoms with Crippen LogP contribution in [0.3, 0.4) is 0 Å². The highest BCUT2D eigenvalue weighted by molar-refractivity contribution is 5.80. The third kappa shape index (κ3) is 6.88. The van der Waals surface area contributed by atoms with Gasteiger partial charge in [-0.1, -0.05) is 18.2 Å². The smallest absolute Gasteiger partial charge is 0.239 e. The fraction of sp³-hybridized carbons (Fsp3) is 0.462. The number of para-hydroxylation sites is 1. The molecule has 0 aromatic heterocycles. The largest absolute Gasteiger partial charge is 0.383 e. The van der Waals surface area contributed by atoms with Gasteiger partial charge in [-0.25, -0.2) is 0 Å². The summed E-state index contributed by atoms with van der Waals surface area (Å²) in [7, 11) is 1.67. The van der Waals surface area contributed by atoms with Gasteiger partial charge in [-0.3, -0.25) is 4.79 Å². The second kappa shape index (κ2) is 9.44. The summed E-state index contributed by atoms with van der Waals surface area (Å²) in [4.78, 5) is 11.5. The highest BCUT2D eigenvalue weighted by atomic mass is 16.5. The second-order valence-corrected chi connectivity index (χ2v) is 3.81. The first kappa shape index (κ1) is 14.5. The van der Waals surface area contributed by atoms with Crippen molar-refractivity contribution in [3.05, 3.63) is 30.3 Å². The lowest BCUT2D eigenvalue weighted by molar-refractivity contribution is -0.119. The van der Waals surface area contributed by atoms with Crippen molar-refractivity contribution >= 4 is 11.6 Å². The molecule has 0 bridgehead atoms. The molecule has 0 aliphatic rings. The van der Waals surface area contributed by atoms with Gasteiger partial charge in [-0.05, 0) is 12.1 Å². The summed E-state index contributed by atoms with van der Waals surface area (Å²) < 4.78 is 4.90. The predicted octanol–water partition coefficient (Wildman–Crippen LogP) is 0.451. The van der Waals surface area contributed by atoms with E-state index in [1.54, 1.807) is 7.11 Å². The van der Waals surface area contributed by atoms with Crippen LogP contribution in [0.2, 0.25) is 0 Å². The highest BCUT2D eigenvalue weighted by Crippen LogP contribution is 2.03. The van der Waals surface area contributed by atoms with E-state index in [1.807, 2.05) is 30.3 Å². The molecular weight excluding hydrogens is 230 g/mol. The number of nitrogens with one attached hydrogen (secondary N) is 3. The van der Waals surface area contributed by atoms with Gasteiger partial charge in [-0.15, -0.1) is 0 Å². The first-order chi connectivity index (χ1) is 8.83. The minimum atomic E-state index is -0.00704. The molecule has 18 heavy (non-hydrogen) atoms. The van der Waals surface area contributed by atoms with Gasteiger partial charge in [0.15, 0.2) is 0 Å². The van der Waals surface area contributed by atoms with Crippen LogP contribution in [0, 0.1) is 0 Å². The second-order valence-electron chi connectivity index (χ2n) is 3.81. The van der Waals surface area contributed by atoms with Gasteiger partial charge in [0.2, 0.25) is 5.91 Å². The molecule has 1 aromatic rings. The number of ether oxygens (including phenoxy) is 1. The third-order valence-electron chi connectivity index (χ3n) is 2.33. The van der Waals surface area contributed by atoms with Crippen LogP contribution in [0.15, 0.2) is 30.3 Å². The number of amides is 1. The molecule has 0 unspecified atom stereocenters. The van der Waals surface area contributed by atoms with Crippen molar-refractivity contribution in [3.63, 3.8) is 0 Å². The predicted molar refractivity (Wildman–Crippen MR) is 72.7 cm³/mol. The average Bonchev–Trinajstić information content (AvgIpc) is 2.41. The molecule has 100 valence electrons. The maximum Gasteiger partial charge on any atom is 0.239 e. The number of anilines is 1. The number of hydrogen-bond acceptors (Lipinski definition) is 4. The maximum absolute atomic E-state index is 11.5. The lowest BCUT2D eigenvalue weighted by Crippen LogP contribution is -2.36. The van der Waals surface area contributed by atoms with Crippen LogP contribution in [0.1, 0.15) is 0 Å². The van der Waals surface area contributed by atoms with Gasteiger partial charge in [-0.2, -0.15) is 0 Å². The van der Waals surface area contributed by atoms with Crippen LogP contribution >= 0.6 is 0 Å². The zero-order valence-corrected chi connectivity index (χ0v) is 10.7. The summed E-state index contributed by atoms with van der Waals surface area (Å²) in [5.74, 6) is -0.00704. The summed E-state index contributed by atoms with van der Waals surface area (Å²) in [5.41, 5.74) is 0.950. The fourth-order valence-corrected chi connectivity index (χ4v) is 1.39. The summed E-state index contributed by atoms with van der Waals surface area (Å²) in [6, 6.07) is 9.66. The molecule has 0 atom stereocenters. The zero-order valence-electron chi connectivity index (χ0n) is 10.7. The number of hydrogen-bond donors (Lipinski definition) is 3. The van der Waals surface area contributed by atoms with E-state index in [-0.39, 0.29) is 5.91 Å². The average molecular weight is 251 g/mol. The Hall–Kier alpha value is -1.59. The molecular formula is C13H21N3O2. The van der Waals surface area contributed by atoms with Gasteiger partial charge in [0.25, 0.3) is 0 Å². The number of carbonyl (C=O) groups excluding carboxylic acids is 1. The van der Waals surface area contributed by atoms with Crippen molar-refractivity contribution in [1.29, 1.82) is 0 Å². The summed E-state index contributed by atoms with van der Waals surface area (Å²) >= 11 is 0. The minimum Gasteiger partial charge on any atom is -0.383 e. The quantitative estimate of drug-likeness (QED) is 0.558. The summed E-state index contributed by atoms with van der Waals surface area (Å²) in [6.07, 6.45) is 0. The molecule has 0 spiro atoms. The molecule has 1 rings (SSSR count). The number of benzene rings is 1. The molecule has 0 fully saturated rings. The summed E-state index contributed by atoms with van der Waals surface area (Å²) in [6.45, 7) is 3.15. The number of methoxy groups -OCH3 is 1.